The summed E-state index contributed by atoms with van der Waals surface area (Å²) in [4.78, 5) is 0. The molecule has 0 bridgehead atoms. The molecule has 0 saturated carbocycles. The van der Waals surface area contributed by atoms with Gasteiger partial charge in [-0.3, -0.25) is 0 Å². The highest BCUT2D eigenvalue weighted by molar-refractivity contribution is 6.31. The molecule has 1 nitrogen and oxygen atoms in total. The standard InChI is InChI=1S/C16H17Cl2N/c1-11(2)19-10-14-8-13(6-7-16(14)18)12-4-3-5-15(17)9-12/h3-9,11,19H,10H2,1-2H3. The van der Waals surface area contributed by atoms with Crippen LogP contribution in [0.3, 0.4) is 0 Å². The topological polar surface area (TPSA) is 12.0 Å². The lowest BCUT2D eigenvalue weighted by atomic mass is 10.0. The lowest BCUT2D eigenvalue weighted by molar-refractivity contribution is 0.589. The van der Waals surface area contributed by atoms with E-state index in [1.165, 1.54) is 0 Å². The van der Waals surface area contributed by atoms with Crippen molar-refractivity contribution in [3.63, 3.8) is 0 Å². The van der Waals surface area contributed by atoms with Gasteiger partial charge in [-0.05, 0) is 41.0 Å². The third-order valence-electron chi connectivity index (χ3n) is 2.90. The van der Waals surface area contributed by atoms with Gasteiger partial charge in [0.2, 0.25) is 0 Å². The van der Waals surface area contributed by atoms with Crippen LogP contribution in [0.25, 0.3) is 11.1 Å². The second-order valence-electron chi connectivity index (χ2n) is 4.85. The third kappa shape index (κ3) is 3.97. The first kappa shape index (κ1) is 14.4. The molecule has 0 atom stereocenters. The van der Waals surface area contributed by atoms with E-state index < -0.39 is 0 Å². The van der Waals surface area contributed by atoms with Crippen molar-refractivity contribution in [2.24, 2.45) is 0 Å². The average molecular weight is 294 g/mol. The first-order valence-electron chi connectivity index (χ1n) is 6.34. The van der Waals surface area contributed by atoms with E-state index in [1.54, 1.807) is 0 Å². The Morgan fingerprint density at radius 3 is 2.42 bits per heavy atom. The van der Waals surface area contributed by atoms with Crippen molar-refractivity contribution in [2.75, 3.05) is 0 Å². The Labute approximate surface area is 124 Å². The van der Waals surface area contributed by atoms with E-state index in [-0.39, 0.29) is 0 Å². The minimum Gasteiger partial charge on any atom is -0.310 e. The van der Waals surface area contributed by atoms with Gasteiger partial charge in [0.1, 0.15) is 0 Å². The Morgan fingerprint density at radius 1 is 1.00 bits per heavy atom. The van der Waals surface area contributed by atoms with Crippen LogP contribution >= 0.6 is 23.2 Å². The molecule has 0 amide bonds. The van der Waals surface area contributed by atoms with Crippen molar-refractivity contribution in [1.82, 2.24) is 5.32 Å². The first-order chi connectivity index (χ1) is 9.06. The Kier molecular flexibility index (Phi) is 4.87. The third-order valence-corrected chi connectivity index (χ3v) is 3.51. The quantitative estimate of drug-likeness (QED) is 0.821. The van der Waals surface area contributed by atoms with Gasteiger partial charge in [0.15, 0.2) is 0 Å². The molecule has 0 unspecified atom stereocenters. The van der Waals surface area contributed by atoms with Gasteiger partial charge in [0, 0.05) is 22.6 Å². The van der Waals surface area contributed by atoms with Crippen LogP contribution in [0.1, 0.15) is 19.4 Å². The number of benzene rings is 2. The number of rotatable bonds is 4. The molecule has 0 radical (unpaired) electrons. The van der Waals surface area contributed by atoms with Crippen LogP contribution in [0.15, 0.2) is 42.5 Å². The van der Waals surface area contributed by atoms with Gasteiger partial charge >= 0.3 is 0 Å². The van der Waals surface area contributed by atoms with E-state index in [0.29, 0.717) is 6.04 Å². The minimum atomic E-state index is 0.436. The normalized spacial score (nSPS) is 11.0. The fraction of sp³-hybridized carbons (Fsp3) is 0.250. The van der Waals surface area contributed by atoms with E-state index in [2.05, 4.69) is 31.3 Å². The van der Waals surface area contributed by atoms with Gasteiger partial charge in [0.25, 0.3) is 0 Å². The summed E-state index contributed by atoms with van der Waals surface area (Å²) >= 11 is 12.3. The zero-order valence-corrected chi connectivity index (χ0v) is 12.6. The summed E-state index contributed by atoms with van der Waals surface area (Å²) in [7, 11) is 0. The monoisotopic (exact) mass is 293 g/mol. The lowest BCUT2D eigenvalue weighted by Gasteiger charge is -2.11. The molecular formula is C16H17Cl2N. The molecule has 0 saturated heterocycles. The predicted octanol–water partition coefficient (Wildman–Crippen LogP) is 5.16. The van der Waals surface area contributed by atoms with Crippen molar-refractivity contribution in [3.8, 4) is 11.1 Å². The average Bonchev–Trinajstić information content (AvgIpc) is 2.37. The Hall–Kier alpha value is -1.02. The minimum absolute atomic E-state index is 0.436. The molecule has 0 aliphatic rings. The summed E-state index contributed by atoms with van der Waals surface area (Å²) in [6.45, 7) is 5.01. The molecule has 0 aromatic heterocycles. The fourth-order valence-electron chi connectivity index (χ4n) is 1.87. The van der Waals surface area contributed by atoms with E-state index in [4.69, 9.17) is 23.2 Å². The van der Waals surface area contributed by atoms with Gasteiger partial charge in [-0.2, -0.15) is 0 Å². The maximum absolute atomic E-state index is 6.23. The Bertz CT molecular complexity index is 564. The number of hydrogen-bond donors (Lipinski definition) is 1. The molecular weight excluding hydrogens is 277 g/mol. The smallest absolute Gasteiger partial charge is 0.0451 e. The highest BCUT2D eigenvalue weighted by atomic mass is 35.5. The summed E-state index contributed by atoms with van der Waals surface area (Å²) in [6, 6.07) is 14.4. The summed E-state index contributed by atoms with van der Waals surface area (Å²) in [5.41, 5.74) is 3.34. The largest absolute Gasteiger partial charge is 0.310 e. The van der Waals surface area contributed by atoms with Crippen molar-refractivity contribution in [3.05, 3.63) is 58.1 Å². The molecule has 2 aromatic carbocycles. The van der Waals surface area contributed by atoms with Gasteiger partial charge in [-0.15, -0.1) is 0 Å². The van der Waals surface area contributed by atoms with Crippen LogP contribution in [0.2, 0.25) is 10.0 Å². The maximum atomic E-state index is 6.23. The van der Waals surface area contributed by atoms with Crippen molar-refractivity contribution >= 4 is 23.2 Å². The van der Waals surface area contributed by atoms with E-state index in [9.17, 15) is 0 Å². The van der Waals surface area contributed by atoms with E-state index in [1.807, 2.05) is 30.3 Å². The molecule has 0 spiro atoms. The molecule has 100 valence electrons. The van der Waals surface area contributed by atoms with Gasteiger partial charge in [-0.25, -0.2) is 0 Å². The van der Waals surface area contributed by atoms with Crippen LogP contribution in [0, 0.1) is 0 Å². The van der Waals surface area contributed by atoms with Crippen LogP contribution < -0.4 is 5.32 Å². The second kappa shape index (κ2) is 6.42. The van der Waals surface area contributed by atoms with Crippen LogP contribution in [-0.2, 0) is 6.54 Å². The highest BCUT2D eigenvalue weighted by Gasteiger charge is 2.05. The van der Waals surface area contributed by atoms with Gasteiger partial charge in [0.05, 0.1) is 0 Å². The van der Waals surface area contributed by atoms with Crippen molar-refractivity contribution in [1.29, 1.82) is 0 Å². The van der Waals surface area contributed by atoms with Gasteiger partial charge in [-0.1, -0.05) is 55.2 Å². The molecule has 0 aliphatic heterocycles. The van der Waals surface area contributed by atoms with E-state index in [0.717, 1.165) is 33.3 Å². The summed E-state index contributed by atoms with van der Waals surface area (Å²) in [6.07, 6.45) is 0. The molecule has 1 N–H and O–H groups in total. The SMILES string of the molecule is CC(C)NCc1cc(-c2cccc(Cl)c2)ccc1Cl. The van der Waals surface area contributed by atoms with E-state index >= 15 is 0 Å². The summed E-state index contributed by atoms with van der Waals surface area (Å²) < 4.78 is 0. The maximum Gasteiger partial charge on any atom is 0.0451 e. The Balaban J connectivity index is 2.30. The number of nitrogens with one attached hydrogen (secondary N) is 1. The number of hydrogen-bond acceptors (Lipinski definition) is 1. The second-order valence-corrected chi connectivity index (χ2v) is 5.70. The molecule has 0 heterocycles. The molecule has 3 heteroatoms. The fourth-order valence-corrected chi connectivity index (χ4v) is 2.25. The molecule has 19 heavy (non-hydrogen) atoms. The summed E-state index contributed by atoms with van der Waals surface area (Å²) in [5, 5.41) is 4.92. The summed E-state index contributed by atoms with van der Waals surface area (Å²) in [5.74, 6) is 0. The first-order valence-corrected chi connectivity index (χ1v) is 7.09. The van der Waals surface area contributed by atoms with Crippen molar-refractivity contribution in [2.45, 2.75) is 26.4 Å². The zero-order valence-electron chi connectivity index (χ0n) is 11.1. The predicted molar refractivity (Wildman–Crippen MR) is 83.9 cm³/mol. The molecule has 0 fully saturated rings. The van der Waals surface area contributed by atoms with Gasteiger partial charge < -0.3 is 5.32 Å². The Morgan fingerprint density at radius 2 is 1.74 bits per heavy atom. The molecule has 0 aliphatic carbocycles. The zero-order chi connectivity index (χ0) is 13.8. The van der Waals surface area contributed by atoms with Crippen LogP contribution in [0.5, 0.6) is 0 Å². The molecule has 2 rings (SSSR count). The van der Waals surface area contributed by atoms with Crippen LogP contribution in [-0.4, -0.2) is 6.04 Å². The van der Waals surface area contributed by atoms with Crippen molar-refractivity contribution < 1.29 is 0 Å². The molecule has 2 aromatic rings. The van der Waals surface area contributed by atoms with Crippen LogP contribution in [0.4, 0.5) is 0 Å². The lowest BCUT2D eigenvalue weighted by Crippen LogP contribution is -2.21. The number of halogens is 2. The highest BCUT2D eigenvalue weighted by Crippen LogP contribution is 2.27.